The van der Waals surface area contributed by atoms with Crippen molar-refractivity contribution in [1.29, 1.82) is 0 Å². The second kappa shape index (κ2) is 7.17. The lowest BCUT2D eigenvalue weighted by Crippen LogP contribution is -2.37. The highest BCUT2D eigenvalue weighted by Gasteiger charge is 2.13. The van der Waals surface area contributed by atoms with Gasteiger partial charge in [-0.25, -0.2) is 4.98 Å². The van der Waals surface area contributed by atoms with Crippen molar-refractivity contribution in [1.82, 2.24) is 4.98 Å². The highest BCUT2D eigenvalue weighted by molar-refractivity contribution is 5.94. The number of hydrogen-bond donors (Lipinski definition) is 0. The smallest absolute Gasteiger partial charge is 0.227 e. The number of azide groups is 1. The summed E-state index contributed by atoms with van der Waals surface area (Å²) in [5, 5.41) is 3.60. The largest absolute Gasteiger partial charge is 0.287 e. The molecule has 24 heavy (non-hydrogen) atoms. The van der Waals surface area contributed by atoms with Crippen molar-refractivity contribution < 1.29 is 9.36 Å². The van der Waals surface area contributed by atoms with Crippen LogP contribution in [0.3, 0.4) is 0 Å². The summed E-state index contributed by atoms with van der Waals surface area (Å²) in [6.45, 7) is 0.232. The second-order valence-electron chi connectivity index (χ2n) is 5.14. The fraction of sp³-hybridized carbons (Fsp3) is 0.0556. The molecule has 1 heterocycles. The molecular formula is C18H14N5O+. The lowest BCUT2D eigenvalue weighted by Gasteiger charge is -2.02. The average molecular weight is 316 g/mol. The molecule has 0 aliphatic rings. The van der Waals surface area contributed by atoms with Gasteiger partial charge in [0, 0.05) is 21.7 Å². The van der Waals surface area contributed by atoms with Crippen molar-refractivity contribution in [2.75, 3.05) is 0 Å². The van der Waals surface area contributed by atoms with Crippen LogP contribution in [0.5, 0.6) is 0 Å². The number of carbonyl (C=O) groups excluding carboxylic acids is 1. The van der Waals surface area contributed by atoms with E-state index in [1.165, 1.54) is 0 Å². The fourth-order valence-corrected chi connectivity index (χ4v) is 2.34. The van der Waals surface area contributed by atoms with E-state index < -0.39 is 0 Å². The van der Waals surface area contributed by atoms with Gasteiger partial charge in [0.2, 0.25) is 12.3 Å². The molecule has 0 radical (unpaired) electrons. The molecule has 0 aliphatic carbocycles. The average Bonchev–Trinajstić information content (AvgIpc) is 2.63. The van der Waals surface area contributed by atoms with Crippen molar-refractivity contribution in [2.24, 2.45) is 5.11 Å². The summed E-state index contributed by atoms with van der Waals surface area (Å²) in [4.78, 5) is 19.4. The summed E-state index contributed by atoms with van der Waals surface area (Å²) in [5.41, 5.74) is 11.3. The Kier molecular flexibility index (Phi) is 4.60. The van der Waals surface area contributed by atoms with E-state index in [9.17, 15) is 4.79 Å². The number of rotatable bonds is 5. The molecular weight excluding hydrogens is 302 g/mol. The first-order chi connectivity index (χ1) is 11.8. The first-order valence-electron chi connectivity index (χ1n) is 7.35. The monoisotopic (exact) mass is 316 g/mol. The van der Waals surface area contributed by atoms with Crippen LogP contribution in [0.25, 0.3) is 21.7 Å². The number of benzene rings is 2. The quantitative estimate of drug-likeness (QED) is 0.235. The van der Waals surface area contributed by atoms with Gasteiger partial charge in [-0.15, -0.1) is 0 Å². The van der Waals surface area contributed by atoms with E-state index in [1.54, 1.807) is 53.5 Å². The Hall–Kier alpha value is -3.50. The van der Waals surface area contributed by atoms with E-state index in [0.29, 0.717) is 16.9 Å². The molecule has 1 aromatic heterocycles. The Bertz CT molecular complexity index is 917. The number of aromatic nitrogens is 2. The van der Waals surface area contributed by atoms with Crippen LogP contribution >= 0.6 is 0 Å². The number of Topliss-reactive ketones (excluding diaryl/α,β-unsaturated/α-hetero) is 1. The van der Waals surface area contributed by atoms with Gasteiger partial charge in [-0.1, -0.05) is 53.6 Å². The topological polar surface area (TPSA) is 82.6 Å². The zero-order valence-electron chi connectivity index (χ0n) is 12.8. The third-order valence-electron chi connectivity index (χ3n) is 3.48. The van der Waals surface area contributed by atoms with Gasteiger partial charge < -0.3 is 0 Å². The summed E-state index contributed by atoms with van der Waals surface area (Å²) < 4.78 is 1.79. The molecule has 116 valence electrons. The van der Waals surface area contributed by atoms with Crippen molar-refractivity contribution in [2.45, 2.75) is 6.54 Å². The van der Waals surface area contributed by atoms with Gasteiger partial charge in [0.25, 0.3) is 0 Å². The Morgan fingerprint density at radius 1 is 1.17 bits per heavy atom. The van der Waals surface area contributed by atoms with Gasteiger partial charge in [0.05, 0.1) is 6.20 Å². The minimum atomic E-state index is 0.0283. The minimum Gasteiger partial charge on any atom is -0.287 e. The number of nitrogens with zero attached hydrogens (tertiary/aromatic N) is 5. The second-order valence-corrected chi connectivity index (χ2v) is 5.14. The predicted molar refractivity (Wildman–Crippen MR) is 89.4 cm³/mol. The third-order valence-corrected chi connectivity index (χ3v) is 3.48. The fourth-order valence-electron chi connectivity index (χ4n) is 2.34. The highest BCUT2D eigenvalue weighted by Crippen LogP contribution is 2.21. The van der Waals surface area contributed by atoms with E-state index in [0.717, 1.165) is 5.56 Å². The molecule has 0 unspecified atom stereocenters. The van der Waals surface area contributed by atoms with Crippen LogP contribution in [0.15, 0.2) is 78.3 Å². The van der Waals surface area contributed by atoms with Crippen LogP contribution in [0.2, 0.25) is 0 Å². The minimum absolute atomic E-state index is 0.0283. The SMILES string of the molecule is [N-]=[N+]=Nc1cccc(-c2c[n+](CC(=O)c3ccccc3)ccn2)c1. The zero-order valence-corrected chi connectivity index (χ0v) is 12.8. The van der Waals surface area contributed by atoms with Gasteiger partial charge in [-0.3, -0.25) is 4.79 Å². The van der Waals surface area contributed by atoms with Gasteiger partial charge in [-0.05, 0) is 11.6 Å². The molecule has 3 rings (SSSR count). The highest BCUT2D eigenvalue weighted by atomic mass is 16.1. The first kappa shape index (κ1) is 15.4. The normalized spacial score (nSPS) is 10.0. The van der Waals surface area contributed by atoms with Crippen molar-refractivity contribution in [3.05, 3.63) is 89.2 Å². The standard InChI is InChI=1S/C18H14N5O/c19-22-21-16-8-4-7-15(11-16)17-12-23(10-9-20-17)13-18(24)14-5-2-1-3-6-14/h1-12H,13H2/q+1. The number of ketones is 1. The number of carbonyl (C=O) groups is 1. The first-order valence-corrected chi connectivity index (χ1v) is 7.35. The molecule has 0 aliphatic heterocycles. The molecule has 0 N–H and O–H groups in total. The van der Waals surface area contributed by atoms with Crippen molar-refractivity contribution in [3.8, 4) is 11.3 Å². The molecule has 2 aromatic carbocycles. The zero-order chi connectivity index (χ0) is 16.8. The summed E-state index contributed by atoms with van der Waals surface area (Å²) in [7, 11) is 0. The predicted octanol–water partition coefficient (Wildman–Crippen LogP) is 3.86. The maximum absolute atomic E-state index is 12.3. The van der Waals surface area contributed by atoms with Crippen molar-refractivity contribution >= 4 is 11.5 Å². The molecule has 0 bridgehead atoms. The molecule has 0 saturated carbocycles. The lowest BCUT2D eigenvalue weighted by atomic mass is 10.1. The van der Waals surface area contributed by atoms with E-state index in [4.69, 9.17) is 5.53 Å². The van der Waals surface area contributed by atoms with Gasteiger partial charge in [-0.2, -0.15) is 4.57 Å². The Labute approximate surface area is 138 Å². The molecule has 0 spiro atoms. The molecule has 3 aromatic rings. The van der Waals surface area contributed by atoms with Crippen molar-refractivity contribution in [3.63, 3.8) is 0 Å². The van der Waals surface area contributed by atoms with E-state index in [2.05, 4.69) is 15.0 Å². The Balaban J connectivity index is 1.85. The van der Waals surface area contributed by atoms with E-state index in [1.807, 2.05) is 24.3 Å². The molecule has 6 nitrogen and oxygen atoms in total. The summed E-state index contributed by atoms with van der Waals surface area (Å²) >= 11 is 0. The van der Waals surface area contributed by atoms with E-state index in [-0.39, 0.29) is 12.3 Å². The Morgan fingerprint density at radius 2 is 2.00 bits per heavy atom. The molecule has 0 saturated heterocycles. The Morgan fingerprint density at radius 3 is 2.79 bits per heavy atom. The number of hydrogen-bond acceptors (Lipinski definition) is 3. The maximum Gasteiger partial charge on any atom is 0.227 e. The van der Waals surface area contributed by atoms with Crippen LogP contribution in [-0.4, -0.2) is 10.8 Å². The molecule has 0 amide bonds. The summed E-state index contributed by atoms with van der Waals surface area (Å²) in [6, 6.07) is 16.3. The van der Waals surface area contributed by atoms with Crippen LogP contribution in [0, 0.1) is 0 Å². The van der Waals surface area contributed by atoms with Crippen LogP contribution in [-0.2, 0) is 6.54 Å². The van der Waals surface area contributed by atoms with Gasteiger partial charge in [0.15, 0.2) is 12.4 Å². The van der Waals surface area contributed by atoms with Crippen LogP contribution < -0.4 is 4.57 Å². The molecule has 0 fully saturated rings. The lowest BCUT2D eigenvalue weighted by molar-refractivity contribution is -0.683. The van der Waals surface area contributed by atoms with E-state index >= 15 is 0 Å². The van der Waals surface area contributed by atoms with Crippen LogP contribution in [0.4, 0.5) is 5.69 Å². The van der Waals surface area contributed by atoms with Gasteiger partial charge >= 0.3 is 0 Å². The summed E-state index contributed by atoms with van der Waals surface area (Å²) in [6.07, 6.45) is 5.20. The van der Waals surface area contributed by atoms with Crippen LogP contribution in [0.1, 0.15) is 10.4 Å². The summed E-state index contributed by atoms with van der Waals surface area (Å²) in [5.74, 6) is 0.0283. The van der Waals surface area contributed by atoms with Gasteiger partial charge in [0.1, 0.15) is 5.69 Å². The molecule has 6 heteroatoms. The third kappa shape index (κ3) is 3.63. The maximum atomic E-state index is 12.3. The molecule has 0 atom stereocenters.